The van der Waals surface area contributed by atoms with Gasteiger partial charge in [0.15, 0.2) is 0 Å². The zero-order chi connectivity index (χ0) is 14.5. The summed E-state index contributed by atoms with van der Waals surface area (Å²) in [7, 11) is 0. The lowest BCUT2D eigenvalue weighted by Gasteiger charge is -2.35. The Kier molecular flexibility index (Phi) is 5.18. The van der Waals surface area contributed by atoms with Crippen molar-refractivity contribution in [2.45, 2.75) is 39.2 Å². The van der Waals surface area contributed by atoms with Crippen molar-refractivity contribution >= 4 is 5.91 Å². The average Bonchev–Trinajstić information content (AvgIpc) is 2.53. The van der Waals surface area contributed by atoms with E-state index in [0.29, 0.717) is 5.92 Å². The smallest absolute Gasteiger partial charge is 0.227 e. The number of carbonyl (C=O) groups excluding carboxylic acids is 1. The van der Waals surface area contributed by atoms with Gasteiger partial charge in [-0.2, -0.15) is 0 Å². The van der Waals surface area contributed by atoms with E-state index >= 15 is 0 Å². The molecule has 110 valence electrons. The van der Waals surface area contributed by atoms with Crippen molar-refractivity contribution in [1.29, 1.82) is 0 Å². The Bertz CT molecular complexity index is 432. The molecule has 2 rings (SSSR count). The van der Waals surface area contributed by atoms with Crippen molar-refractivity contribution in [3.63, 3.8) is 0 Å². The zero-order valence-electron chi connectivity index (χ0n) is 12.6. The Morgan fingerprint density at radius 2 is 2.10 bits per heavy atom. The quantitative estimate of drug-likeness (QED) is 0.917. The molecule has 3 nitrogen and oxygen atoms in total. The second-order valence-corrected chi connectivity index (χ2v) is 5.93. The molecule has 1 aromatic rings. The minimum atomic E-state index is -0.217. The van der Waals surface area contributed by atoms with Crippen LogP contribution in [0.25, 0.3) is 0 Å². The second-order valence-electron chi connectivity index (χ2n) is 5.93. The molecular weight excluding hydrogens is 248 g/mol. The molecule has 20 heavy (non-hydrogen) atoms. The summed E-state index contributed by atoms with van der Waals surface area (Å²) in [6, 6.07) is 9.70. The van der Waals surface area contributed by atoms with E-state index in [1.807, 2.05) is 42.2 Å². The number of amides is 1. The highest BCUT2D eigenvalue weighted by atomic mass is 16.2. The number of hydrogen-bond donors (Lipinski definition) is 1. The molecular formula is C17H26N2O. The Morgan fingerprint density at radius 3 is 2.75 bits per heavy atom. The summed E-state index contributed by atoms with van der Waals surface area (Å²) in [4.78, 5) is 14.6. The third kappa shape index (κ3) is 3.40. The Labute approximate surface area is 122 Å². The van der Waals surface area contributed by atoms with Crippen LogP contribution in [0.15, 0.2) is 30.3 Å². The summed E-state index contributed by atoms with van der Waals surface area (Å²) in [6.07, 6.45) is 3.53. The average molecular weight is 274 g/mol. The molecule has 3 atom stereocenters. The molecule has 1 heterocycles. The van der Waals surface area contributed by atoms with Crippen LogP contribution in [0.2, 0.25) is 0 Å². The molecule has 3 unspecified atom stereocenters. The number of carbonyl (C=O) groups is 1. The topological polar surface area (TPSA) is 46.3 Å². The van der Waals surface area contributed by atoms with Crippen LogP contribution in [-0.4, -0.2) is 23.9 Å². The molecule has 2 N–H and O–H groups in total. The van der Waals surface area contributed by atoms with Gasteiger partial charge in [-0.05, 0) is 24.3 Å². The first-order valence-corrected chi connectivity index (χ1v) is 7.72. The Hall–Kier alpha value is -1.35. The number of rotatable bonds is 4. The van der Waals surface area contributed by atoms with Gasteiger partial charge in [0.05, 0.1) is 5.92 Å². The van der Waals surface area contributed by atoms with Crippen molar-refractivity contribution in [3.05, 3.63) is 35.9 Å². The lowest BCUT2D eigenvalue weighted by molar-refractivity contribution is -0.137. The van der Waals surface area contributed by atoms with Gasteiger partial charge in [0, 0.05) is 19.1 Å². The minimum absolute atomic E-state index is 0.159. The van der Waals surface area contributed by atoms with Crippen molar-refractivity contribution in [3.8, 4) is 0 Å². The van der Waals surface area contributed by atoms with Gasteiger partial charge in [0.1, 0.15) is 0 Å². The van der Waals surface area contributed by atoms with Gasteiger partial charge in [-0.1, -0.05) is 50.6 Å². The van der Waals surface area contributed by atoms with Crippen LogP contribution < -0.4 is 5.73 Å². The standard InChI is InChI=1S/C17H26N2O/c1-3-14-8-7-11-19(12-14)17(20)13(2)16(18)15-9-5-4-6-10-15/h4-6,9-10,13-14,16H,3,7-8,11-12,18H2,1-2H3. The van der Waals surface area contributed by atoms with Crippen molar-refractivity contribution in [2.24, 2.45) is 17.6 Å². The van der Waals surface area contributed by atoms with Crippen LogP contribution in [0, 0.1) is 11.8 Å². The van der Waals surface area contributed by atoms with Gasteiger partial charge in [-0.15, -0.1) is 0 Å². The molecule has 3 heteroatoms. The van der Waals surface area contributed by atoms with Gasteiger partial charge in [0.2, 0.25) is 5.91 Å². The maximum absolute atomic E-state index is 12.6. The number of nitrogens with two attached hydrogens (primary N) is 1. The number of piperidine rings is 1. The number of likely N-dealkylation sites (tertiary alicyclic amines) is 1. The number of benzene rings is 1. The number of nitrogens with zero attached hydrogens (tertiary/aromatic N) is 1. The molecule has 1 aliphatic heterocycles. The summed E-state index contributed by atoms with van der Waals surface area (Å²) in [5, 5.41) is 0. The van der Waals surface area contributed by atoms with E-state index in [1.54, 1.807) is 0 Å². The third-order valence-electron chi connectivity index (χ3n) is 4.52. The Balaban J connectivity index is 2.01. The molecule has 1 fully saturated rings. The molecule has 0 saturated carbocycles. The van der Waals surface area contributed by atoms with Crippen LogP contribution >= 0.6 is 0 Å². The molecule has 0 bridgehead atoms. The summed E-state index contributed by atoms with van der Waals surface area (Å²) in [6.45, 7) is 5.95. The lowest BCUT2D eigenvalue weighted by atomic mass is 9.91. The van der Waals surface area contributed by atoms with Crippen molar-refractivity contribution in [1.82, 2.24) is 4.90 Å². The van der Waals surface area contributed by atoms with Crippen LogP contribution in [0.5, 0.6) is 0 Å². The fourth-order valence-electron chi connectivity index (χ4n) is 3.00. The Morgan fingerprint density at radius 1 is 1.40 bits per heavy atom. The lowest BCUT2D eigenvalue weighted by Crippen LogP contribution is -2.44. The van der Waals surface area contributed by atoms with E-state index in [2.05, 4.69) is 6.92 Å². The van der Waals surface area contributed by atoms with Crippen LogP contribution in [0.1, 0.15) is 44.7 Å². The summed E-state index contributed by atoms with van der Waals surface area (Å²) < 4.78 is 0. The van der Waals surface area contributed by atoms with Crippen LogP contribution in [-0.2, 0) is 4.79 Å². The van der Waals surface area contributed by atoms with E-state index in [0.717, 1.165) is 31.5 Å². The van der Waals surface area contributed by atoms with Crippen molar-refractivity contribution < 1.29 is 4.79 Å². The highest BCUT2D eigenvalue weighted by Gasteiger charge is 2.29. The second kappa shape index (κ2) is 6.89. The number of hydrogen-bond acceptors (Lipinski definition) is 2. The fraction of sp³-hybridized carbons (Fsp3) is 0.588. The molecule has 1 aromatic carbocycles. The third-order valence-corrected chi connectivity index (χ3v) is 4.52. The van der Waals surface area contributed by atoms with Crippen LogP contribution in [0.3, 0.4) is 0 Å². The van der Waals surface area contributed by atoms with Crippen LogP contribution in [0.4, 0.5) is 0 Å². The molecule has 0 radical (unpaired) electrons. The maximum Gasteiger partial charge on any atom is 0.227 e. The zero-order valence-corrected chi connectivity index (χ0v) is 12.6. The van der Waals surface area contributed by atoms with E-state index < -0.39 is 0 Å². The first-order chi connectivity index (χ1) is 9.63. The predicted octanol–water partition coefficient (Wildman–Crippen LogP) is 2.97. The summed E-state index contributed by atoms with van der Waals surface area (Å²) in [5.41, 5.74) is 7.31. The first-order valence-electron chi connectivity index (χ1n) is 7.72. The monoisotopic (exact) mass is 274 g/mol. The largest absolute Gasteiger partial charge is 0.342 e. The van der Waals surface area contributed by atoms with Gasteiger partial charge in [-0.3, -0.25) is 4.79 Å². The van der Waals surface area contributed by atoms with E-state index in [4.69, 9.17) is 5.73 Å². The molecule has 1 amide bonds. The molecule has 0 spiro atoms. The molecule has 1 aliphatic rings. The van der Waals surface area contributed by atoms with E-state index in [1.165, 1.54) is 6.42 Å². The minimum Gasteiger partial charge on any atom is -0.342 e. The first kappa shape index (κ1) is 15.0. The van der Waals surface area contributed by atoms with Gasteiger partial charge >= 0.3 is 0 Å². The van der Waals surface area contributed by atoms with E-state index in [9.17, 15) is 4.79 Å². The van der Waals surface area contributed by atoms with Gasteiger partial charge in [-0.25, -0.2) is 0 Å². The van der Waals surface area contributed by atoms with Gasteiger partial charge < -0.3 is 10.6 Å². The van der Waals surface area contributed by atoms with Crippen molar-refractivity contribution in [2.75, 3.05) is 13.1 Å². The van der Waals surface area contributed by atoms with Gasteiger partial charge in [0.25, 0.3) is 0 Å². The predicted molar refractivity (Wildman–Crippen MR) is 82.1 cm³/mol. The molecule has 0 aliphatic carbocycles. The molecule has 0 aromatic heterocycles. The molecule has 1 saturated heterocycles. The fourth-order valence-corrected chi connectivity index (χ4v) is 3.00. The van der Waals surface area contributed by atoms with E-state index in [-0.39, 0.29) is 17.9 Å². The summed E-state index contributed by atoms with van der Waals surface area (Å²) in [5.74, 6) is 0.709. The highest BCUT2D eigenvalue weighted by molar-refractivity contribution is 5.79. The summed E-state index contributed by atoms with van der Waals surface area (Å²) >= 11 is 0. The normalized spacial score (nSPS) is 22.4. The highest BCUT2D eigenvalue weighted by Crippen LogP contribution is 2.25. The SMILES string of the molecule is CCC1CCCN(C(=O)C(C)C(N)c2ccccc2)C1. The maximum atomic E-state index is 12.6.